The van der Waals surface area contributed by atoms with Crippen molar-refractivity contribution in [3.63, 3.8) is 0 Å². The zero-order valence-electron chi connectivity index (χ0n) is 21.2. The second kappa shape index (κ2) is 10.3. The summed E-state index contributed by atoms with van der Waals surface area (Å²) < 4.78 is 19.7. The van der Waals surface area contributed by atoms with Crippen LogP contribution < -0.4 is 5.32 Å². The summed E-state index contributed by atoms with van der Waals surface area (Å²) in [7, 11) is 0. The Morgan fingerprint density at radius 1 is 0.821 bits per heavy atom. The van der Waals surface area contributed by atoms with Crippen molar-refractivity contribution in [1.82, 2.24) is 15.1 Å². The van der Waals surface area contributed by atoms with Crippen LogP contribution in [0.15, 0.2) is 115 Å². The first-order valence-corrected chi connectivity index (χ1v) is 13.0. The minimum atomic E-state index is -1.11. The zero-order valence-corrected chi connectivity index (χ0v) is 21.2. The number of halogens is 1. The molecule has 6 nitrogen and oxygen atoms in total. The number of hydrogen-bond donors (Lipinski definition) is 1. The predicted molar refractivity (Wildman–Crippen MR) is 145 cm³/mol. The van der Waals surface area contributed by atoms with Gasteiger partial charge >= 0.3 is 12.1 Å². The fourth-order valence-corrected chi connectivity index (χ4v) is 5.76. The smallest absolute Gasteiger partial charge is 0.412 e. The Balaban J connectivity index is 1.40. The summed E-state index contributed by atoms with van der Waals surface area (Å²) >= 11 is 0. The molecule has 0 spiro atoms. The van der Waals surface area contributed by atoms with Gasteiger partial charge in [-0.1, -0.05) is 103 Å². The van der Waals surface area contributed by atoms with Gasteiger partial charge < -0.3 is 15.0 Å². The lowest BCUT2D eigenvalue weighted by atomic mass is 9.78. The molecule has 2 aliphatic heterocycles. The molecular formula is C32H28FN3O3. The average molecular weight is 522 g/mol. The zero-order chi connectivity index (χ0) is 26.8. The first-order chi connectivity index (χ1) is 19.1. The average Bonchev–Trinajstić information content (AvgIpc) is 3.30. The van der Waals surface area contributed by atoms with Crippen molar-refractivity contribution in [3.05, 3.63) is 143 Å². The van der Waals surface area contributed by atoms with E-state index in [0.29, 0.717) is 6.54 Å². The number of hydrogen-bond acceptors (Lipinski definition) is 3. The van der Waals surface area contributed by atoms with Crippen LogP contribution in [0.4, 0.5) is 14.0 Å². The van der Waals surface area contributed by atoms with E-state index < -0.39 is 23.8 Å². The van der Waals surface area contributed by atoms with Gasteiger partial charge in [-0.25, -0.2) is 14.0 Å². The summed E-state index contributed by atoms with van der Waals surface area (Å²) in [5, 5.41) is 2.98. The molecule has 4 aromatic rings. The summed E-state index contributed by atoms with van der Waals surface area (Å²) in [5.41, 5.74) is 2.30. The third-order valence-electron chi connectivity index (χ3n) is 7.62. The van der Waals surface area contributed by atoms with Gasteiger partial charge in [0, 0.05) is 30.8 Å². The molecule has 6 rings (SSSR count). The normalized spacial score (nSPS) is 19.8. The molecule has 39 heavy (non-hydrogen) atoms. The Morgan fingerprint density at radius 3 is 1.97 bits per heavy atom. The maximum absolute atomic E-state index is 13.7. The van der Waals surface area contributed by atoms with Crippen molar-refractivity contribution in [1.29, 1.82) is 0 Å². The van der Waals surface area contributed by atoms with Crippen molar-refractivity contribution in [2.45, 2.75) is 24.2 Å². The number of urea groups is 1. The molecule has 1 N–H and O–H groups in total. The number of amides is 3. The van der Waals surface area contributed by atoms with E-state index in [2.05, 4.69) is 5.32 Å². The number of benzene rings is 4. The van der Waals surface area contributed by atoms with E-state index in [1.807, 2.05) is 91.0 Å². The molecule has 2 aliphatic rings. The molecule has 2 fully saturated rings. The molecule has 7 heteroatoms. The van der Waals surface area contributed by atoms with Crippen LogP contribution in [0, 0.1) is 5.82 Å². The Hall–Kier alpha value is -4.65. The maximum atomic E-state index is 13.7. The second-order valence-electron chi connectivity index (χ2n) is 9.88. The van der Waals surface area contributed by atoms with E-state index in [-0.39, 0.29) is 24.9 Å². The number of rotatable bonds is 5. The number of fused-ring (bicyclic) bond motifs is 1. The van der Waals surface area contributed by atoms with Crippen LogP contribution in [0.1, 0.15) is 28.3 Å². The van der Waals surface area contributed by atoms with Gasteiger partial charge in [0.15, 0.2) is 5.60 Å². The van der Waals surface area contributed by atoms with Gasteiger partial charge in [-0.05, 0) is 23.3 Å². The summed E-state index contributed by atoms with van der Waals surface area (Å²) in [6.07, 6.45) is -0.409. The molecule has 0 saturated carbocycles. The third kappa shape index (κ3) is 4.50. The highest BCUT2D eigenvalue weighted by atomic mass is 19.1. The first-order valence-electron chi connectivity index (χ1n) is 13.0. The number of nitrogens with zero attached hydrogens (tertiary/aromatic N) is 2. The molecule has 0 aromatic heterocycles. The molecule has 3 amide bonds. The van der Waals surface area contributed by atoms with Crippen LogP contribution in [-0.4, -0.2) is 41.1 Å². The lowest BCUT2D eigenvalue weighted by Gasteiger charge is -2.46. The van der Waals surface area contributed by atoms with E-state index in [0.717, 1.165) is 22.3 Å². The van der Waals surface area contributed by atoms with E-state index >= 15 is 0 Å². The van der Waals surface area contributed by atoms with Crippen molar-refractivity contribution in [3.8, 4) is 0 Å². The summed E-state index contributed by atoms with van der Waals surface area (Å²) in [4.78, 5) is 30.8. The summed E-state index contributed by atoms with van der Waals surface area (Å²) in [6.45, 7) is 0.844. The molecular weight excluding hydrogens is 493 g/mol. The SMILES string of the molecule is O=C(NCc1ccc(F)cc1)N1C[C@H](c2ccccc2)N2C(=O)OC(c3ccccc3)(c3ccccc3)[C@H]2C1. The fourth-order valence-electron chi connectivity index (χ4n) is 5.76. The van der Waals surface area contributed by atoms with Gasteiger partial charge in [0.05, 0.1) is 6.04 Å². The van der Waals surface area contributed by atoms with Crippen molar-refractivity contribution < 1.29 is 18.7 Å². The van der Waals surface area contributed by atoms with Crippen LogP contribution >= 0.6 is 0 Å². The minimum absolute atomic E-state index is 0.255. The molecule has 0 radical (unpaired) electrons. The van der Waals surface area contributed by atoms with Crippen molar-refractivity contribution in [2.75, 3.05) is 13.1 Å². The second-order valence-corrected chi connectivity index (χ2v) is 9.88. The molecule has 2 saturated heterocycles. The number of carbonyl (C=O) groups excluding carboxylic acids is 2. The third-order valence-corrected chi connectivity index (χ3v) is 7.62. The van der Waals surface area contributed by atoms with Gasteiger partial charge in [-0.2, -0.15) is 0 Å². The molecule has 2 heterocycles. The van der Waals surface area contributed by atoms with Crippen LogP contribution in [0.2, 0.25) is 0 Å². The predicted octanol–water partition coefficient (Wildman–Crippen LogP) is 5.86. The van der Waals surface area contributed by atoms with Crippen LogP contribution in [-0.2, 0) is 16.9 Å². The topological polar surface area (TPSA) is 61.9 Å². The van der Waals surface area contributed by atoms with Gasteiger partial charge in [0.1, 0.15) is 11.9 Å². The Kier molecular flexibility index (Phi) is 6.49. The molecule has 2 atom stereocenters. The van der Waals surface area contributed by atoms with Gasteiger partial charge in [-0.3, -0.25) is 4.90 Å². The monoisotopic (exact) mass is 521 g/mol. The van der Waals surface area contributed by atoms with E-state index in [4.69, 9.17) is 4.74 Å². The molecule has 4 aromatic carbocycles. The molecule has 0 bridgehead atoms. The fraction of sp³-hybridized carbons (Fsp3) is 0.188. The number of piperazine rings is 1. The van der Waals surface area contributed by atoms with Crippen LogP contribution in [0.5, 0.6) is 0 Å². The van der Waals surface area contributed by atoms with E-state index in [1.54, 1.807) is 21.9 Å². The maximum Gasteiger partial charge on any atom is 0.412 e. The van der Waals surface area contributed by atoms with Crippen LogP contribution in [0.3, 0.4) is 0 Å². The number of ether oxygens (including phenoxy) is 1. The standard InChI is InChI=1S/C32H28FN3O3/c33-27-18-16-23(17-19-27)20-34-30(37)35-21-28(24-10-4-1-5-11-24)36-29(22-35)32(39-31(36)38,25-12-6-2-7-13-25)26-14-8-3-9-15-26/h1-19,28-29H,20-22H2,(H,34,37)/t28-,29-/m1/s1. The number of carbonyl (C=O) groups is 2. The van der Waals surface area contributed by atoms with Crippen LogP contribution in [0.25, 0.3) is 0 Å². The van der Waals surface area contributed by atoms with Gasteiger partial charge in [-0.15, -0.1) is 0 Å². The largest absolute Gasteiger partial charge is 0.431 e. The van der Waals surface area contributed by atoms with Crippen molar-refractivity contribution >= 4 is 12.1 Å². The molecule has 0 aliphatic carbocycles. The lowest BCUT2D eigenvalue weighted by Crippen LogP contribution is -2.60. The highest BCUT2D eigenvalue weighted by molar-refractivity contribution is 5.78. The van der Waals surface area contributed by atoms with E-state index in [9.17, 15) is 14.0 Å². The number of nitrogens with one attached hydrogen (secondary N) is 1. The molecule has 196 valence electrons. The van der Waals surface area contributed by atoms with Gasteiger partial charge in [0.2, 0.25) is 0 Å². The Labute approximate surface area is 226 Å². The first kappa shape index (κ1) is 24.7. The summed E-state index contributed by atoms with van der Waals surface area (Å²) in [6, 6.07) is 34.1. The highest BCUT2D eigenvalue weighted by Gasteiger charge is 2.60. The van der Waals surface area contributed by atoms with E-state index in [1.165, 1.54) is 12.1 Å². The molecule has 0 unspecified atom stereocenters. The summed E-state index contributed by atoms with van der Waals surface area (Å²) in [5.74, 6) is -0.323. The highest BCUT2D eigenvalue weighted by Crippen LogP contribution is 2.49. The minimum Gasteiger partial charge on any atom is -0.431 e. The quantitative estimate of drug-likeness (QED) is 0.358. The van der Waals surface area contributed by atoms with Crippen molar-refractivity contribution in [2.24, 2.45) is 0 Å². The number of cyclic esters (lactones) is 1. The van der Waals surface area contributed by atoms with Gasteiger partial charge in [0.25, 0.3) is 0 Å². The lowest BCUT2D eigenvalue weighted by molar-refractivity contribution is 0.0376. The Morgan fingerprint density at radius 2 is 1.38 bits per heavy atom. The Bertz CT molecular complexity index is 1410.